The van der Waals surface area contributed by atoms with E-state index in [1.807, 2.05) is 0 Å². The van der Waals surface area contributed by atoms with E-state index in [9.17, 15) is 4.79 Å². The summed E-state index contributed by atoms with van der Waals surface area (Å²) in [5.41, 5.74) is 1.21. The first kappa shape index (κ1) is 21.0. The highest BCUT2D eigenvalue weighted by molar-refractivity contribution is 6.60. The lowest BCUT2D eigenvalue weighted by atomic mass is 9.43. The molecule has 2 atom stereocenters. The van der Waals surface area contributed by atoms with Crippen LogP contribution in [-0.4, -0.2) is 42.7 Å². The molecule has 4 rings (SSSR count). The van der Waals surface area contributed by atoms with Crippen LogP contribution in [0.25, 0.3) is 0 Å². The Hall–Kier alpha value is -0.693. The summed E-state index contributed by atoms with van der Waals surface area (Å²) in [5, 5.41) is 0. The van der Waals surface area contributed by atoms with Crippen LogP contribution in [0.4, 0.5) is 0 Å². The fourth-order valence-electron chi connectivity index (χ4n) is 6.69. The highest BCUT2D eigenvalue weighted by Crippen LogP contribution is 2.67. The molecular weight excluding hydrogens is 360 g/mol. The van der Waals surface area contributed by atoms with Gasteiger partial charge in [-0.25, -0.2) is 4.79 Å². The van der Waals surface area contributed by atoms with Gasteiger partial charge in [-0.05, 0) is 81.0 Å². The van der Waals surface area contributed by atoms with Gasteiger partial charge in [0.2, 0.25) is 0 Å². The van der Waals surface area contributed by atoms with Gasteiger partial charge in [0.15, 0.2) is 0 Å². The van der Waals surface area contributed by atoms with Gasteiger partial charge in [-0.15, -0.1) is 0 Å². The van der Waals surface area contributed by atoms with Crippen molar-refractivity contribution in [3.05, 3.63) is 12.2 Å². The first-order valence-electron chi connectivity index (χ1n) is 10.3. The topological polar surface area (TPSA) is 54.0 Å². The zero-order valence-electron chi connectivity index (χ0n) is 17.5. The average Bonchev–Trinajstić information content (AvgIpc) is 2.62. The fraction of sp³-hybridized carbons (Fsp3) is 0.857. The summed E-state index contributed by atoms with van der Waals surface area (Å²) in [6, 6.07) is 0.886. The average molecular weight is 397 g/mol. The van der Waals surface area contributed by atoms with Crippen molar-refractivity contribution in [3.63, 3.8) is 0 Å². The van der Waals surface area contributed by atoms with Crippen LogP contribution in [0.3, 0.4) is 0 Å². The van der Waals surface area contributed by atoms with Gasteiger partial charge >= 0.3 is 14.8 Å². The number of ether oxygens (including phenoxy) is 1. The van der Waals surface area contributed by atoms with Crippen molar-refractivity contribution in [2.75, 3.05) is 27.9 Å². The molecule has 0 radical (unpaired) electrons. The molecule has 0 spiro atoms. The van der Waals surface area contributed by atoms with E-state index in [-0.39, 0.29) is 5.97 Å². The van der Waals surface area contributed by atoms with Crippen molar-refractivity contribution >= 4 is 14.8 Å². The molecule has 4 saturated carbocycles. The van der Waals surface area contributed by atoms with Crippen LogP contribution in [0, 0.1) is 22.7 Å². The lowest BCUT2D eigenvalue weighted by Crippen LogP contribution is -2.53. The quantitative estimate of drug-likeness (QED) is 0.312. The summed E-state index contributed by atoms with van der Waals surface area (Å²) < 4.78 is 22.5. The van der Waals surface area contributed by atoms with Crippen molar-refractivity contribution < 1.29 is 22.8 Å². The fourth-order valence-corrected chi connectivity index (χ4v) is 8.64. The molecule has 0 N–H and O–H groups in total. The summed E-state index contributed by atoms with van der Waals surface area (Å²) in [6.45, 7) is 5.91. The van der Waals surface area contributed by atoms with Gasteiger partial charge in [0.1, 0.15) is 0 Å². The minimum atomic E-state index is -2.53. The van der Waals surface area contributed by atoms with E-state index in [1.54, 1.807) is 28.3 Å². The molecule has 154 valence electrons. The standard InChI is InChI=1S/C21H36O5Si/c1-16(2)19(22)26-8-6-20-11-17-10-18(12-20)14-21(13-17,15-20)7-9-27(23-3,24-4)25-5/h17-18H,1,6-15H2,2-5H3. The molecule has 0 aromatic rings. The van der Waals surface area contributed by atoms with E-state index in [1.165, 1.54) is 38.5 Å². The molecule has 2 unspecified atom stereocenters. The summed E-state index contributed by atoms with van der Waals surface area (Å²) in [5.74, 6) is 1.39. The van der Waals surface area contributed by atoms with Crippen LogP contribution < -0.4 is 0 Å². The van der Waals surface area contributed by atoms with Crippen LogP contribution in [0.15, 0.2) is 12.2 Å². The Morgan fingerprint density at radius 1 is 1.00 bits per heavy atom. The number of carbonyl (C=O) groups excluding carboxylic acids is 1. The van der Waals surface area contributed by atoms with Crippen LogP contribution >= 0.6 is 0 Å². The maximum Gasteiger partial charge on any atom is 0.500 e. The predicted octanol–water partition coefficient (Wildman–Crippen LogP) is 4.35. The molecule has 0 aromatic carbocycles. The van der Waals surface area contributed by atoms with Crippen LogP contribution in [-0.2, 0) is 22.8 Å². The van der Waals surface area contributed by atoms with Crippen molar-refractivity contribution in [2.24, 2.45) is 22.7 Å². The summed E-state index contributed by atoms with van der Waals surface area (Å²) in [4.78, 5) is 11.7. The molecule has 4 aliphatic carbocycles. The maximum atomic E-state index is 11.7. The van der Waals surface area contributed by atoms with Gasteiger partial charge in [0.05, 0.1) is 6.61 Å². The molecule has 0 amide bonds. The normalized spacial score (nSPS) is 34.7. The van der Waals surface area contributed by atoms with Gasteiger partial charge in [0.25, 0.3) is 0 Å². The molecule has 0 aliphatic heterocycles. The largest absolute Gasteiger partial charge is 0.500 e. The highest BCUT2D eigenvalue weighted by atomic mass is 28.4. The van der Waals surface area contributed by atoms with Crippen LogP contribution in [0.2, 0.25) is 6.04 Å². The number of rotatable bonds is 10. The molecule has 0 heterocycles. The molecule has 4 aliphatic rings. The molecule has 27 heavy (non-hydrogen) atoms. The molecule has 4 bridgehead atoms. The highest BCUT2D eigenvalue weighted by Gasteiger charge is 2.58. The predicted molar refractivity (Wildman–Crippen MR) is 106 cm³/mol. The van der Waals surface area contributed by atoms with E-state index in [2.05, 4.69) is 6.58 Å². The third-order valence-corrected chi connectivity index (χ3v) is 10.1. The van der Waals surface area contributed by atoms with E-state index in [0.717, 1.165) is 30.7 Å². The van der Waals surface area contributed by atoms with E-state index in [0.29, 0.717) is 23.0 Å². The van der Waals surface area contributed by atoms with Crippen LogP contribution in [0.1, 0.15) is 58.3 Å². The zero-order valence-corrected chi connectivity index (χ0v) is 18.5. The second-order valence-corrected chi connectivity index (χ2v) is 12.5. The van der Waals surface area contributed by atoms with Crippen molar-refractivity contribution in [2.45, 2.75) is 64.3 Å². The van der Waals surface area contributed by atoms with Crippen molar-refractivity contribution in [3.8, 4) is 0 Å². The summed E-state index contributed by atoms with van der Waals surface area (Å²) in [6.07, 6.45) is 10.0. The minimum Gasteiger partial charge on any atom is -0.462 e. The van der Waals surface area contributed by atoms with E-state index in [4.69, 9.17) is 18.0 Å². The zero-order chi connectivity index (χ0) is 19.7. The smallest absolute Gasteiger partial charge is 0.462 e. The van der Waals surface area contributed by atoms with Crippen LogP contribution in [0.5, 0.6) is 0 Å². The Bertz CT molecular complexity index is 549. The second kappa shape index (κ2) is 7.97. The van der Waals surface area contributed by atoms with Gasteiger partial charge in [-0.3, -0.25) is 0 Å². The molecule has 6 heteroatoms. The van der Waals surface area contributed by atoms with E-state index >= 15 is 0 Å². The Morgan fingerprint density at radius 2 is 1.52 bits per heavy atom. The number of hydrogen-bond donors (Lipinski definition) is 0. The SMILES string of the molecule is C=C(C)C(=O)OCCC12CC3CC(C1)CC(CC[Si](OC)(OC)OC)(C3)C2. The maximum absolute atomic E-state index is 11.7. The first-order valence-corrected chi connectivity index (χ1v) is 12.2. The van der Waals surface area contributed by atoms with Gasteiger partial charge in [-0.2, -0.15) is 0 Å². The van der Waals surface area contributed by atoms with Gasteiger partial charge in [-0.1, -0.05) is 6.58 Å². The Kier molecular flexibility index (Phi) is 6.21. The Morgan fingerprint density at radius 3 is 2.00 bits per heavy atom. The van der Waals surface area contributed by atoms with E-state index < -0.39 is 8.80 Å². The molecule has 0 saturated heterocycles. The first-order chi connectivity index (χ1) is 12.8. The number of hydrogen-bond acceptors (Lipinski definition) is 5. The van der Waals surface area contributed by atoms with Gasteiger partial charge < -0.3 is 18.0 Å². The third-order valence-electron chi connectivity index (χ3n) is 7.41. The molecule has 0 aromatic heterocycles. The monoisotopic (exact) mass is 396 g/mol. The Labute approximate surface area is 165 Å². The number of esters is 1. The second-order valence-electron chi connectivity index (χ2n) is 9.42. The van der Waals surface area contributed by atoms with Gasteiger partial charge in [0, 0.05) is 32.9 Å². The lowest BCUT2D eigenvalue weighted by molar-refractivity contribution is -0.145. The third kappa shape index (κ3) is 4.34. The Balaban J connectivity index is 1.66. The minimum absolute atomic E-state index is 0.259. The summed E-state index contributed by atoms with van der Waals surface area (Å²) in [7, 11) is 2.59. The number of carbonyl (C=O) groups is 1. The van der Waals surface area contributed by atoms with Crippen molar-refractivity contribution in [1.82, 2.24) is 0 Å². The molecule has 5 nitrogen and oxygen atoms in total. The lowest BCUT2D eigenvalue weighted by Gasteiger charge is -2.63. The summed E-state index contributed by atoms with van der Waals surface area (Å²) >= 11 is 0. The molecular formula is C21H36O5Si. The molecule has 4 fully saturated rings. The van der Waals surface area contributed by atoms with Crippen molar-refractivity contribution in [1.29, 1.82) is 0 Å².